The second kappa shape index (κ2) is 21.7. The largest absolute Gasteiger partial charge is 0.330 e. The van der Waals surface area contributed by atoms with Crippen LogP contribution in [0.1, 0.15) is 96.8 Å². The van der Waals surface area contributed by atoms with Gasteiger partial charge in [-0.15, -0.1) is 0 Å². The molecule has 0 aromatic heterocycles. The third-order valence-corrected chi connectivity index (χ3v) is 4.84. The highest BCUT2D eigenvalue weighted by atomic mass is 15.1. The van der Waals surface area contributed by atoms with Gasteiger partial charge in [-0.2, -0.15) is 0 Å². The molecule has 0 bridgehead atoms. The molecule has 3 heteroatoms. The molecule has 150 valence electrons. The molecule has 0 radical (unpaired) electrons. The second-order valence-electron chi connectivity index (χ2n) is 7.36. The van der Waals surface area contributed by atoms with Gasteiger partial charge in [-0.05, 0) is 77.7 Å². The number of allylic oxidation sites excluding steroid dienone is 2. The van der Waals surface area contributed by atoms with E-state index in [2.05, 4.69) is 24.0 Å². The molecule has 0 aromatic carbocycles. The molecule has 0 saturated carbocycles. The lowest BCUT2D eigenvalue weighted by Gasteiger charge is -2.21. The molecule has 0 aliphatic rings. The van der Waals surface area contributed by atoms with Crippen LogP contribution in [-0.2, 0) is 0 Å². The number of hydrogen-bond acceptors (Lipinski definition) is 3. The van der Waals surface area contributed by atoms with Crippen LogP contribution in [0.2, 0.25) is 0 Å². The first kappa shape index (κ1) is 24.6. The minimum atomic E-state index is 0.798. The molecular formula is C22H47N3. The van der Waals surface area contributed by atoms with Crippen molar-refractivity contribution in [3.8, 4) is 0 Å². The number of rotatable bonds is 20. The smallest absolute Gasteiger partial charge is 0.000671 e. The monoisotopic (exact) mass is 353 g/mol. The van der Waals surface area contributed by atoms with Crippen LogP contribution in [0.3, 0.4) is 0 Å². The van der Waals surface area contributed by atoms with Crippen LogP contribution < -0.4 is 11.5 Å². The molecule has 25 heavy (non-hydrogen) atoms. The Balaban J connectivity index is 3.36. The maximum atomic E-state index is 5.63. The molecule has 0 heterocycles. The summed E-state index contributed by atoms with van der Waals surface area (Å²) in [5.41, 5.74) is 11.3. The minimum absolute atomic E-state index is 0.798. The van der Waals surface area contributed by atoms with E-state index in [1.54, 1.807) is 0 Å². The molecule has 0 unspecified atom stereocenters. The van der Waals surface area contributed by atoms with Crippen molar-refractivity contribution in [2.45, 2.75) is 96.8 Å². The maximum Gasteiger partial charge on any atom is -0.000671 e. The van der Waals surface area contributed by atoms with Gasteiger partial charge in [0, 0.05) is 0 Å². The molecule has 3 nitrogen and oxygen atoms in total. The van der Waals surface area contributed by atoms with Crippen molar-refractivity contribution >= 4 is 0 Å². The van der Waals surface area contributed by atoms with Crippen LogP contribution >= 0.6 is 0 Å². The lowest BCUT2D eigenvalue weighted by Crippen LogP contribution is -2.29. The van der Waals surface area contributed by atoms with Crippen LogP contribution in [0, 0.1) is 0 Å². The summed E-state index contributed by atoms with van der Waals surface area (Å²) in [6, 6.07) is 0. The van der Waals surface area contributed by atoms with Gasteiger partial charge in [0.25, 0.3) is 0 Å². The molecule has 0 spiro atoms. The number of nitrogens with two attached hydrogens (primary N) is 2. The Morgan fingerprint density at radius 2 is 1.00 bits per heavy atom. The van der Waals surface area contributed by atoms with Gasteiger partial charge in [-0.3, -0.25) is 0 Å². The van der Waals surface area contributed by atoms with Crippen molar-refractivity contribution in [2.75, 3.05) is 32.7 Å². The highest BCUT2D eigenvalue weighted by molar-refractivity contribution is 4.81. The van der Waals surface area contributed by atoms with Crippen LogP contribution in [-0.4, -0.2) is 37.6 Å². The fourth-order valence-corrected chi connectivity index (χ4v) is 3.19. The average molecular weight is 354 g/mol. The topological polar surface area (TPSA) is 55.3 Å². The summed E-state index contributed by atoms with van der Waals surface area (Å²) in [5.74, 6) is 0. The van der Waals surface area contributed by atoms with E-state index < -0.39 is 0 Å². The number of nitrogens with zero attached hydrogens (tertiary/aromatic N) is 1. The molecule has 4 N–H and O–H groups in total. The first-order valence-corrected chi connectivity index (χ1v) is 11.1. The van der Waals surface area contributed by atoms with Gasteiger partial charge in [-0.1, -0.05) is 64.0 Å². The molecule has 0 saturated heterocycles. The highest BCUT2D eigenvalue weighted by Gasteiger charge is 2.03. The molecule has 0 aliphatic carbocycles. The van der Waals surface area contributed by atoms with E-state index in [4.69, 9.17) is 11.5 Å². The van der Waals surface area contributed by atoms with Gasteiger partial charge in [0.05, 0.1) is 0 Å². The Hall–Kier alpha value is -0.380. The SMILES string of the molecule is CCCCCC/C=C/CCCCCCCCN(CCCN)CCCN. The fourth-order valence-electron chi connectivity index (χ4n) is 3.19. The van der Waals surface area contributed by atoms with Gasteiger partial charge in [0.15, 0.2) is 0 Å². The van der Waals surface area contributed by atoms with E-state index in [0.717, 1.165) is 39.0 Å². The summed E-state index contributed by atoms with van der Waals surface area (Å²) in [6.45, 7) is 7.37. The van der Waals surface area contributed by atoms with E-state index >= 15 is 0 Å². The van der Waals surface area contributed by atoms with Crippen LogP contribution in [0.15, 0.2) is 12.2 Å². The molecule has 0 aliphatic heterocycles. The van der Waals surface area contributed by atoms with Crippen molar-refractivity contribution in [3.63, 3.8) is 0 Å². The second-order valence-corrected chi connectivity index (χ2v) is 7.36. The zero-order valence-electron chi connectivity index (χ0n) is 17.2. The minimum Gasteiger partial charge on any atom is -0.330 e. The maximum absolute atomic E-state index is 5.63. The third kappa shape index (κ3) is 19.8. The lowest BCUT2D eigenvalue weighted by molar-refractivity contribution is 0.263. The molecule has 0 atom stereocenters. The van der Waals surface area contributed by atoms with Crippen LogP contribution in [0.5, 0.6) is 0 Å². The summed E-state index contributed by atoms with van der Waals surface area (Å²) in [6.07, 6.45) is 23.3. The molecule has 0 fully saturated rings. The fraction of sp³-hybridized carbons (Fsp3) is 0.909. The van der Waals surface area contributed by atoms with Gasteiger partial charge >= 0.3 is 0 Å². The lowest BCUT2D eigenvalue weighted by atomic mass is 10.1. The summed E-state index contributed by atoms with van der Waals surface area (Å²) in [4.78, 5) is 2.55. The van der Waals surface area contributed by atoms with Crippen molar-refractivity contribution in [1.82, 2.24) is 4.90 Å². The normalized spacial score (nSPS) is 11.8. The third-order valence-electron chi connectivity index (χ3n) is 4.84. The van der Waals surface area contributed by atoms with Crippen molar-refractivity contribution < 1.29 is 0 Å². The van der Waals surface area contributed by atoms with Gasteiger partial charge in [0.2, 0.25) is 0 Å². The van der Waals surface area contributed by atoms with Gasteiger partial charge in [0.1, 0.15) is 0 Å². The Kier molecular flexibility index (Phi) is 21.3. The molecule has 0 amide bonds. The quantitative estimate of drug-likeness (QED) is 0.232. The van der Waals surface area contributed by atoms with Crippen LogP contribution in [0.4, 0.5) is 0 Å². The van der Waals surface area contributed by atoms with Crippen molar-refractivity contribution in [3.05, 3.63) is 12.2 Å². The Morgan fingerprint density at radius 1 is 0.560 bits per heavy atom. The van der Waals surface area contributed by atoms with E-state index in [1.807, 2.05) is 0 Å². The summed E-state index contributed by atoms with van der Waals surface area (Å²) in [7, 11) is 0. The van der Waals surface area contributed by atoms with E-state index in [9.17, 15) is 0 Å². The zero-order chi connectivity index (χ0) is 18.4. The van der Waals surface area contributed by atoms with Crippen molar-refractivity contribution in [2.24, 2.45) is 11.5 Å². The summed E-state index contributed by atoms with van der Waals surface area (Å²) < 4.78 is 0. The predicted octanol–water partition coefficient (Wildman–Crippen LogP) is 5.24. The Morgan fingerprint density at radius 3 is 1.52 bits per heavy atom. The van der Waals surface area contributed by atoms with E-state index in [0.29, 0.717) is 0 Å². The van der Waals surface area contributed by atoms with E-state index in [-0.39, 0.29) is 0 Å². The average Bonchev–Trinajstić information content (AvgIpc) is 2.63. The van der Waals surface area contributed by atoms with Gasteiger partial charge < -0.3 is 16.4 Å². The van der Waals surface area contributed by atoms with Crippen molar-refractivity contribution in [1.29, 1.82) is 0 Å². The molecule has 0 aromatic rings. The highest BCUT2D eigenvalue weighted by Crippen LogP contribution is 2.09. The van der Waals surface area contributed by atoms with Crippen LogP contribution in [0.25, 0.3) is 0 Å². The number of unbranched alkanes of at least 4 members (excludes halogenated alkanes) is 10. The molecule has 0 rings (SSSR count). The first-order chi connectivity index (χ1) is 12.3. The van der Waals surface area contributed by atoms with E-state index in [1.165, 1.54) is 83.6 Å². The standard InChI is InChI=1S/C22H47N3/c1-2-3-4-5-6-7-8-9-10-11-12-13-14-15-20-25(21-16-18-23)22-17-19-24/h7-8H,2-6,9-24H2,1H3/b8-7+. The first-order valence-electron chi connectivity index (χ1n) is 11.1. The van der Waals surface area contributed by atoms with Gasteiger partial charge in [-0.25, -0.2) is 0 Å². The predicted molar refractivity (Wildman–Crippen MR) is 114 cm³/mol. The summed E-state index contributed by atoms with van der Waals surface area (Å²) >= 11 is 0. The summed E-state index contributed by atoms with van der Waals surface area (Å²) in [5, 5.41) is 0. The Bertz CT molecular complexity index is 258. The molecular weight excluding hydrogens is 306 g/mol. The Labute approximate surface area is 158 Å². The zero-order valence-corrected chi connectivity index (χ0v) is 17.2. The number of hydrogen-bond donors (Lipinski definition) is 2.